The van der Waals surface area contributed by atoms with E-state index < -0.39 is 12.1 Å². The van der Waals surface area contributed by atoms with Crippen molar-refractivity contribution in [1.82, 2.24) is 5.32 Å². The molecule has 83 heavy (non-hydrogen) atoms. The number of esters is 1. The molecular formula is C77H149NO5. The molecule has 1 amide bonds. The normalized spacial score (nSPS) is 12.6. The molecule has 3 N–H and O–H groups in total. The van der Waals surface area contributed by atoms with Crippen LogP contribution >= 0.6 is 0 Å². The maximum absolute atomic E-state index is 12.5. The van der Waals surface area contributed by atoms with Crippen LogP contribution in [0.4, 0.5) is 0 Å². The third kappa shape index (κ3) is 69.3. The average molecular weight is 1170 g/mol. The standard InChI is InChI=1S/C77H149NO5/c1-3-5-7-9-11-13-15-17-19-21-39-43-47-51-55-59-63-67-71-77(82)83-72-68-64-60-56-52-48-44-40-36-34-32-30-28-26-24-22-23-25-27-29-31-33-35-38-42-46-50-54-58-62-66-70-76(81)78-74(73-79)75(80)69-65-61-57-53-49-45-41-37-20-18-16-14-12-10-8-6-4-2/h19,21,24,26,74-75,79-80H,3-18,20,22-23,25,27-73H2,1-2H3,(H,78,81)/b21-19-,26-24-. The summed E-state index contributed by atoms with van der Waals surface area (Å²) in [6.45, 7) is 4.99. The summed E-state index contributed by atoms with van der Waals surface area (Å²) in [5.41, 5.74) is 0. The largest absolute Gasteiger partial charge is 0.466 e. The van der Waals surface area contributed by atoms with Gasteiger partial charge in [-0.25, -0.2) is 0 Å². The minimum absolute atomic E-state index is 0.0157. The minimum atomic E-state index is -0.663. The molecule has 0 rings (SSSR count). The molecule has 0 aliphatic carbocycles. The average Bonchev–Trinajstić information content (AvgIpc) is 3.48. The van der Waals surface area contributed by atoms with Crippen molar-refractivity contribution < 1.29 is 24.5 Å². The van der Waals surface area contributed by atoms with Gasteiger partial charge in [0.05, 0.1) is 25.4 Å². The van der Waals surface area contributed by atoms with E-state index in [-0.39, 0.29) is 18.5 Å². The van der Waals surface area contributed by atoms with Crippen molar-refractivity contribution in [2.45, 2.75) is 443 Å². The molecule has 6 nitrogen and oxygen atoms in total. The summed E-state index contributed by atoms with van der Waals surface area (Å²) < 4.78 is 5.51. The summed E-state index contributed by atoms with van der Waals surface area (Å²) in [6.07, 6.45) is 92.5. The Morgan fingerprint density at radius 2 is 0.566 bits per heavy atom. The molecule has 2 unspecified atom stereocenters. The predicted molar refractivity (Wildman–Crippen MR) is 366 cm³/mol. The van der Waals surface area contributed by atoms with E-state index in [0.717, 1.165) is 44.9 Å². The third-order valence-corrected chi connectivity index (χ3v) is 18.0. The summed E-state index contributed by atoms with van der Waals surface area (Å²) in [7, 11) is 0. The third-order valence-electron chi connectivity index (χ3n) is 18.0. The van der Waals surface area contributed by atoms with E-state index in [4.69, 9.17) is 4.74 Å². The molecule has 0 aromatic carbocycles. The molecular weight excluding hydrogens is 1020 g/mol. The van der Waals surface area contributed by atoms with Crippen LogP contribution < -0.4 is 5.32 Å². The van der Waals surface area contributed by atoms with Crippen LogP contribution in [0.15, 0.2) is 24.3 Å². The minimum Gasteiger partial charge on any atom is -0.466 e. The first kappa shape index (κ1) is 81.3. The molecule has 0 aromatic rings. The van der Waals surface area contributed by atoms with Crippen LogP contribution in [-0.2, 0) is 14.3 Å². The molecule has 0 aliphatic rings. The number of aliphatic hydroxyl groups excluding tert-OH is 2. The fraction of sp³-hybridized carbons (Fsp3) is 0.922. The first-order valence-corrected chi connectivity index (χ1v) is 38.1. The van der Waals surface area contributed by atoms with Crippen molar-refractivity contribution in [3.05, 3.63) is 24.3 Å². The second kappa shape index (κ2) is 72.8. The van der Waals surface area contributed by atoms with Gasteiger partial charge in [-0.2, -0.15) is 0 Å². The van der Waals surface area contributed by atoms with E-state index in [2.05, 4.69) is 43.5 Å². The quantitative estimate of drug-likeness (QED) is 0.0320. The fourth-order valence-corrected chi connectivity index (χ4v) is 12.2. The number of aliphatic hydroxyl groups is 2. The summed E-state index contributed by atoms with van der Waals surface area (Å²) in [5, 5.41) is 23.4. The van der Waals surface area contributed by atoms with Gasteiger partial charge in [-0.15, -0.1) is 0 Å². The summed E-state index contributed by atoms with van der Waals surface area (Å²) >= 11 is 0. The number of hydrogen-bond donors (Lipinski definition) is 3. The Labute approximate surface area is 520 Å². The topological polar surface area (TPSA) is 95.9 Å². The highest BCUT2D eigenvalue weighted by Crippen LogP contribution is 2.19. The van der Waals surface area contributed by atoms with E-state index in [1.54, 1.807) is 0 Å². The van der Waals surface area contributed by atoms with Crippen LogP contribution in [0.25, 0.3) is 0 Å². The first-order chi connectivity index (χ1) is 41.0. The molecule has 6 heteroatoms. The Balaban J connectivity index is 3.35. The Bertz CT molecular complexity index is 1300. The van der Waals surface area contributed by atoms with Gasteiger partial charge in [0.1, 0.15) is 0 Å². The lowest BCUT2D eigenvalue weighted by molar-refractivity contribution is -0.143. The van der Waals surface area contributed by atoms with Crippen LogP contribution in [0.2, 0.25) is 0 Å². The SMILES string of the molecule is CCCCCCCCC/C=C\CCCCCCCCCC(=O)OCCCCCCCCCCCCCC/C=C\CCCCCCCCCCCCCCCCCC(=O)NC(CO)C(O)CCCCCCCCCCCCCCCCCCC. The number of amides is 1. The van der Waals surface area contributed by atoms with Crippen molar-refractivity contribution in [3.8, 4) is 0 Å². The van der Waals surface area contributed by atoms with Crippen molar-refractivity contribution >= 4 is 11.9 Å². The highest BCUT2D eigenvalue weighted by molar-refractivity contribution is 5.76. The van der Waals surface area contributed by atoms with Gasteiger partial charge in [0.2, 0.25) is 5.91 Å². The van der Waals surface area contributed by atoms with Gasteiger partial charge < -0.3 is 20.3 Å². The van der Waals surface area contributed by atoms with Gasteiger partial charge in [-0.05, 0) is 77.0 Å². The van der Waals surface area contributed by atoms with Gasteiger partial charge in [0, 0.05) is 12.8 Å². The number of rotatable bonds is 72. The van der Waals surface area contributed by atoms with Gasteiger partial charge in [0.15, 0.2) is 0 Å². The van der Waals surface area contributed by atoms with Crippen molar-refractivity contribution in [2.75, 3.05) is 13.2 Å². The van der Waals surface area contributed by atoms with E-state index in [1.165, 1.54) is 353 Å². The van der Waals surface area contributed by atoms with Gasteiger partial charge >= 0.3 is 5.97 Å². The Hall–Kier alpha value is -1.66. The lowest BCUT2D eigenvalue weighted by Crippen LogP contribution is -2.45. The highest BCUT2D eigenvalue weighted by atomic mass is 16.5. The molecule has 0 aliphatic heterocycles. The summed E-state index contributed by atoms with van der Waals surface area (Å²) in [5.74, 6) is -0.0132. The van der Waals surface area contributed by atoms with E-state index in [1.807, 2.05) is 0 Å². The van der Waals surface area contributed by atoms with Crippen molar-refractivity contribution in [2.24, 2.45) is 0 Å². The summed E-state index contributed by atoms with van der Waals surface area (Å²) in [6, 6.07) is -0.540. The number of allylic oxidation sites excluding steroid dienone is 4. The number of nitrogens with one attached hydrogen (secondary N) is 1. The molecule has 0 heterocycles. The highest BCUT2D eigenvalue weighted by Gasteiger charge is 2.20. The van der Waals surface area contributed by atoms with Crippen molar-refractivity contribution in [1.29, 1.82) is 0 Å². The van der Waals surface area contributed by atoms with Gasteiger partial charge in [0.25, 0.3) is 0 Å². The maximum Gasteiger partial charge on any atom is 0.305 e. The Morgan fingerprint density at radius 3 is 0.855 bits per heavy atom. The van der Waals surface area contributed by atoms with Crippen LogP contribution in [0.1, 0.15) is 431 Å². The number of carbonyl (C=O) groups excluding carboxylic acids is 2. The second-order valence-corrected chi connectivity index (χ2v) is 26.3. The number of unbranched alkanes of at least 4 members (excludes halogenated alkanes) is 57. The molecule has 0 bridgehead atoms. The van der Waals surface area contributed by atoms with E-state index in [0.29, 0.717) is 25.9 Å². The zero-order valence-corrected chi connectivity index (χ0v) is 56.5. The van der Waals surface area contributed by atoms with Gasteiger partial charge in [-0.1, -0.05) is 366 Å². The lowest BCUT2D eigenvalue weighted by atomic mass is 10.0. The number of carbonyl (C=O) groups is 2. The maximum atomic E-state index is 12.5. The van der Waals surface area contributed by atoms with Gasteiger partial charge in [-0.3, -0.25) is 9.59 Å². The van der Waals surface area contributed by atoms with Crippen LogP contribution in [-0.4, -0.2) is 47.4 Å². The Morgan fingerprint density at radius 1 is 0.325 bits per heavy atom. The van der Waals surface area contributed by atoms with Crippen molar-refractivity contribution in [3.63, 3.8) is 0 Å². The fourth-order valence-electron chi connectivity index (χ4n) is 12.2. The monoisotopic (exact) mass is 1170 g/mol. The van der Waals surface area contributed by atoms with Crippen LogP contribution in [0, 0.1) is 0 Å². The van der Waals surface area contributed by atoms with Crippen LogP contribution in [0.5, 0.6) is 0 Å². The Kier molecular flexibility index (Phi) is 71.4. The zero-order chi connectivity index (χ0) is 59.9. The summed E-state index contributed by atoms with van der Waals surface area (Å²) in [4.78, 5) is 24.6. The van der Waals surface area contributed by atoms with Crippen LogP contribution in [0.3, 0.4) is 0 Å². The molecule has 492 valence electrons. The smallest absolute Gasteiger partial charge is 0.305 e. The zero-order valence-electron chi connectivity index (χ0n) is 56.5. The second-order valence-electron chi connectivity index (χ2n) is 26.3. The number of hydrogen-bond acceptors (Lipinski definition) is 5. The van der Waals surface area contributed by atoms with E-state index >= 15 is 0 Å². The molecule has 2 atom stereocenters. The molecule has 0 spiro atoms. The first-order valence-electron chi connectivity index (χ1n) is 38.1. The molecule has 0 saturated heterocycles. The molecule has 0 aromatic heterocycles. The van der Waals surface area contributed by atoms with E-state index in [9.17, 15) is 19.8 Å². The molecule has 0 saturated carbocycles. The molecule has 0 radical (unpaired) electrons. The predicted octanol–water partition coefficient (Wildman–Crippen LogP) is 24.9. The molecule has 0 fully saturated rings. The number of ether oxygens (including phenoxy) is 1. The lowest BCUT2D eigenvalue weighted by Gasteiger charge is -2.22.